The molecule has 0 bridgehead atoms. The summed E-state index contributed by atoms with van der Waals surface area (Å²) in [4.78, 5) is 74.8. The van der Waals surface area contributed by atoms with Gasteiger partial charge in [0.25, 0.3) is 0 Å². The third-order valence-corrected chi connectivity index (χ3v) is 6.92. The Bertz CT molecular complexity index is 1720. The minimum atomic E-state index is -1.80. The van der Waals surface area contributed by atoms with Crippen molar-refractivity contribution >= 4 is 47.2 Å². The molecule has 0 spiro atoms. The van der Waals surface area contributed by atoms with Crippen LogP contribution in [0.25, 0.3) is 0 Å². The zero-order chi connectivity index (χ0) is 37.0. The number of phenolic OH excluding ortho intramolecular Hbond substituents is 1. The summed E-state index contributed by atoms with van der Waals surface area (Å²) in [5, 5.41) is 34.4. The van der Waals surface area contributed by atoms with E-state index in [0.29, 0.717) is 18.4 Å². The van der Waals surface area contributed by atoms with Crippen molar-refractivity contribution in [3.05, 3.63) is 83.4 Å². The van der Waals surface area contributed by atoms with Crippen LogP contribution in [0.5, 0.6) is 11.5 Å². The molecule has 15 heteroatoms. The van der Waals surface area contributed by atoms with Gasteiger partial charge in [-0.25, -0.2) is 19.2 Å². The third kappa shape index (κ3) is 10.7. The summed E-state index contributed by atoms with van der Waals surface area (Å²) in [6.07, 6.45) is 0.0512. The number of nitrogens with one attached hydrogen (secondary N) is 2. The van der Waals surface area contributed by atoms with Crippen molar-refractivity contribution in [3.8, 4) is 11.5 Å². The van der Waals surface area contributed by atoms with Gasteiger partial charge in [0.05, 0.1) is 25.0 Å². The number of esters is 1. The second kappa shape index (κ2) is 17.3. The molecule has 0 saturated carbocycles. The number of nitrogens with zero attached hydrogens (tertiary/aromatic N) is 1. The van der Waals surface area contributed by atoms with E-state index in [0.717, 1.165) is 4.90 Å². The number of carboxylic acids is 2. The Morgan fingerprint density at radius 1 is 0.880 bits per heavy atom. The lowest BCUT2D eigenvalue weighted by Crippen LogP contribution is -2.49. The first-order valence-corrected chi connectivity index (χ1v) is 15.4. The molecule has 0 aliphatic carbocycles. The normalized spacial score (nSPS) is 11.4. The monoisotopic (exact) mass is 693 g/mol. The molecule has 50 heavy (non-hydrogen) atoms. The number of carbonyl (C=O) groups is 6. The molecule has 0 fully saturated rings. The van der Waals surface area contributed by atoms with Gasteiger partial charge in [0.15, 0.2) is 0 Å². The summed E-state index contributed by atoms with van der Waals surface area (Å²) in [6, 6.07) is 14.5. The minimum Gasteiger partial charge on any atom is -0.507 e. The smallest absolute Gasteiger partial charge is 0.408 e. The number of amides is 3. The van der Waals surface area contributed by atoms with E-state index in [9.17, 15) is 44.1 Å². The Hall–Kier alpha value is -6.12. The van der Waals surface area contributed by atoms with Crippen LogP contribution in [0.15, 0.2) is 66.7 Å². The van der Waals surface area contributed by atoms with Crippen molar-refractivity contribution in [1.29, 1.82) is 0 Å². The lowest BCUT2D eigenvalue weighted by atomic mass is 10.0. The van der Waals surface area contributed by atoms with Crippen LogP contribution in [-0.4, -0.2) is 83.0 Å². The molecule has 0 unspecified atom stereocenters. The second-order valence-corrected chi connectivity index (χ2v) is 11.8. The highest BCUT2D eigenvalue weighted by atomic mass is 16.6. The van der Waals surface area contributed by atoms with Gasteiger partial charge in [-0.05, 0) is 75.6 Å². The molecular formula is C35H39N3O12. The molecule has 0 aliphatic rings. The third-order valence-electron chi connectivity index (χ3n) is 6.92. The maximum Gasteiger partial charge on any atom is 0.408 e. The van der Waals surface area contributed by atoms with Crippen molar-refractivity contribution in [2.24, 2.45) is 0 Å². The summed E-state index contributed by atoms with van der Waals surface area (Å²) in [5.74, 6) is -5.96. The maximum atomic E-state index is 13.3. The van der Waals surface area contributed by atoms with E-state index >= 15 is 0 Å². The van der Waals surface area contributed by atoms with Crippen LogP contribution in [0.1, 0.15) is 59.9 Å². The van der Waals surface area contributed by atoms with Gasteiger partial charge in [0.2, 0.25) is 5.91 Å². The number of ether oxygens (including phenoxy) is 3. The molecule has 1 atom stereocenters. The zero-order valence-electron chi connectivity index (χ0n) is 27.9. The van der Waals surface area contributed by atoms with Crippen LogP contribution in [-0.2, 0) is 30.3 Å². The number of alkyl carbamates (subject to hydrolysis) is 1. The van der Waals surface area contributed by atoms with Gasteiger partial charge < -0.3 is 40.2 Å². The number of carbonyl (C=O) groups excluding carboxylic acids is 4. The highest BCUT2D eigenvalue weighted by molar-refractivity contribution is 6.39. The maximum absolute atomic E-state index is 13.3. The summed E-state index contributed by atoms with van der Waals surface area (Å²) in [7, 11) is 1.18. The number of methoxy groups -OCH3 is 1. The number of aliphatic carboxylic acids is 1. The molecule has 3 aromatic carbocycles. The van der Waals surface area contributed by atoms with Crippen LogP contribution in [0.4, 0.5) is 16.2 Å². The molecule has 0 aromatic heterocycles. The van der Waals surface area contributed by atoms with Crippen molar-refractivity contribution < 1.29 is 58.3 Å². The Morgan fingerprint density at radius 2 is 1.56 bits per heavy atom. The molecule has 266 valence electrons. The van der Waals surface area contributed by atoms with Gasteiger partial charge in [-0.1, -0.05) is 30.3 Å². The number of para-hydroxylation sites is 1. The number of rotatable bonds is 14. The SMILES string of the molecule is COC(=O)c1c(O)cccc1OCCCCNC(=O)[C@H](Cc1ccc(N(C(=O)C(=O)O)c2ccccc2C(=O)O)cc1)NC(=O)OC(C)(C)C. The number of aromatic hydroxyl groups is 1. The van der Waals surface area contributed by atoms with Crippen molar-refractivity contribution in [1.82, 2.24) is 10.6 Å². The van der Waals surface area contributed by atoms with Crippen LogP contribution >= 0.6 is 0 Å². The van der Waals surface area contributed by atoms with E-state index in [1.165, 1.54) is 73.8 Å². The Kier molecular flexibility index (Phi) is 13.3. The molecule has 0 aliphatic heterocycles. The van der Waals surface area contributed by atoms with Crippen LogP contribution < -0.4 is 20.3 Å². The average Bonchev–Trinajstić information content (AvgIpc) is 3.05. The molecule has 5 N–H and O–H groups in total. The Labute approximate surface area is 287 Å². The van der Waals surface area contributed by atoms with E-state index in [4.69, 9.17) is 14.2 Å². The fourth-order valence-corrected chi connectivity index (χ4v) is 4.68. The van der Waals surface area contributed by atoms with Crippen LogP contribution in [0.2, 0.25) is 0 Å². The van der Waals surface area contributed by atoms with Crippen LogP contribution in [0.3, 0.4) is 0 Å². The Balaban J connectivity index is 1.71. The molecular weight excluding hydrogens is 654 g/mol. The first-order valence-electron chi connectivity index (χ1n) is 15.4. The van der Waals surface area contributed by atoms with E-state index in [1.807, 2.05) is 0 Å². The van der Waals surface area contributed by atoms with Crippen molar-refractivity contribution in [2.75, 3.05) is 25.2 Å². The molecule has 15 nitrogen and oxygen atoms in total. The number of phenols is 1. The van der Waals surface area contributed by atoms with Gasteiger partial charge >= 0.3 is 29.9 Å². The average molecular weight is 694 g/mol. The summed E-state index contributed by atoms with van der Waals surface area (Å²) >= 11 is 0. The van der Waals surface area contributed by atoms with E-state index in [2.05, 4.69) is 10.6 Å². The number of unbranched alkanes of at least 4 members (excludes halogenated alkanes) is 1. The summed E-state index contributed by atoms with van der Waals surface area (Å²) in [6.45, 7) is 5.36. The van der Waals surface area contributed by atoms with Crippen molar-refractivity contribution in [2.45, 2.75) is 51.7 Å². The number of hydrogen-bond acceptors (Lipinski definition) is 10. The fourth-order valence-electron chi connectivity index (χ4n) is 4.68. The van der Waals surface area contributed by atoms with Gasteiger partial charge in [0, 0.05) is 18.7 Å². The molecule has 0 radical (unpaired) electrons. The minimum absolute atomic E-state index is 0.0269. The number of benzene rings is 3. The van der Waals surface area contributed by atoms with E-state index in [1.54, 1.807) is 20.8 Å². The molecule has 0 heterocycles. The molecule has 3 aromatic rings. The standard InChI is InChI=1S/C35H39N3O12/c1-35(2,3)50-34(47)37-24(29(40)36-18-7-8-19-49-27-13-9-12-26(39)28(27)33(46)48-4)20-21-14-16-22(17-15-21)38(30(41)32(44)45)25-11-6-5-10-23(25)31(42)43/h5-6,9-17,24,39H,7-8,18-20H2,1-4H3,(H,36,40)(H,37,47)(H,42,43)(H,44,45)/t24-/m0/s1. The largest absolute Gasteiger partial charge is 0.507 e. The lowest BCUT2D eigenvalue weighted by Gasteiger charge is -2.24. The molecule has 0 saturated heterocycles. The predicted molar refractivity (Wildman–Crippen MR) is 179 cm³/mol. The first kappa shape index (κ1) is 38.3. The van der Waals surface area contributed by atoms with Crippen LogP contribution in [0, 0.1) is 0 Å². The van der Waals surface area contributed by atoms with Gasteiger partial charge in [-0.15, -0.1) is 0 Å². The molecule has 3 rings (SSSR count). The van der Waals surface area contributed by atoms with Crippen molar-refractivity contribution in [3.63, 3.8) is 0 Å². The Morgan fingerprint density at radius 3 is 2.18 bits per heavy atom. The number of anilines is 2. The first-order chi connectivity index (χ1) is 23.6. The lowest BCUT2D eigenvalue weighted by molar-refractivity contribution is -0.148. The highest BCUT2D eigenvalue weighted by Crippen LogP contribution is 2.30. The summed E-state index contributed by atoms with van der Waals surface area (Å²) in [5.41, 5.74) is -0.814. The highest BCUT2D eigenvalue weighted by Gasteiger charge is 2.29. The zero-order valence-corrected chi connectivity index (χ0v) is 27.9. The quantitative estimate of drug-likeness (QED) is 0.0918. The number of carboxylic acid groups (broad SMARTS) is 2. The van der Waals surface area contributed by atoms with Gasteiger partial charge in [-0.2, -0.15) is 0 Å². The van der Waals surface area contributed by atoms with E-state index < -0.39 is 47.5 Å². The number of aromatic carboxylic acids is 1. The summed E-state index contributed by atoms with van der Waals surface area (Å²) < 4.78 is 15.7. The molecule has 3 amide bonds. The van der Waals surface area contributed by atoms with Gasteiger partial charge in [0.1, 0.15) is 28.7 Å². The second-order valence-electron chi connectivity index (χ2n) is 11.8. The van der Waals surface area contributed by atoms with E-state index in [-0.39, 0.29) is 53.6 Å². The predicted octanol–water partition coefficient (Wildman–Crippen LogP) is 4.04. The fraction of sp³-hybridized carbons (Fsp3) is 0.314. The van der Waals surface area contributed by atoms with Gasteiger partial charge in [-0.3, -0.25) is 14.5 Å². The number of hydrogen-bond donors (Lipinski definition) is 5. The topological polar surface area (TPSA) is 218 Å².